The van der Waals surface area contributed by atoms with Crippen LogP contribution in [0, 0.1) is 23.2 Å². The summed E-state index contributed by atoms with van der Waals surface area (Å²) in [7, 11) is 0. The van der Waals surface area contributed by atoms with Crippen molar-refractivity contribution in [3.05, 3.63) is 35.4 Å². The van der Waals surface area contributed by atoms with Gasteiger partial charge in [-0.05, 0) is 42.9 Å². The highest BCUT2D eigenvalue weighted by atomic mass is 16.2. The lowest BCUT2D eigenvalue weighted by Crippen LogP contribution is -2.43. The van der Waals surface area contributed by atoms with Crippen LogP contribution in [0.15, 0.2) is 24.3 Å². The van der Waals surface area contributed by atoms with Crippen molar-refractivity contribution in [3.8, 4) is 0 Å². The number of Topliss-reactive ketones (excluding diaryl/α,β-unsaturated/α-hetero) is 3. The van der Waals surface area contributed by atoms with E-state index >= 15 is 0 Å². The van der Waals surface area contributed by atoms with Gasteiger partial charge < -0.3 is 0 Å². The summed E-state index contributed by atoms with van der Waals surface area (Å²) in [6, 6.07) is 6.73. The van der Waals surface area contributed by atoms with E-state index in [-0.39, 0.29) is 17.3 Å². The maximum Gasteiger partial charge on any atom is 0.230 e. The molecule has 1 aromatic rings. The van der Waals surface area contributed by atoms with Gasteiger partial charge in [0, 0.05) is 11.1 Å². The van der Waals surface area contributed by atoms with E-state index < -0.39 is 17.5 Å². The van der Waals surface area contributed by atoms with Gasteiger partial charge in [-0.2, -0.15) is 0 Å². The highest BCUT2D eigenvalue weighted by Crippen LogP contribution is 2.45. The van der Waals surface area contributed by atoms with Crippen molar-refractivity contribution in [2.75, 3.05) is 0 Å². The molecule has 1 unspecified atom stereocenters. The average Bonchev–Trinajstić information content (AvgIpc) is 2.60. The first-order valence-electron chi connectivity index (χ1n) is 9.08. The molecular weight excluding hydrogens is 300 g/mol. The van der Waals surface area contributed by atoms with Crippen LogP contribution < -0.4 is 0 Å². The SMILES string of the molecule is CCC(C)(C)C1CCC(C2C(=O)C(=O)c3ccccc3C2=O)CC1. The number of fused-ring (bicyclic) bond motifs is 1. The lowest BCUT2D eigenvalue weighted by molar-refractivity contribution is -0.119. The first-order chi connectivity index (χ1) is 11.4. The summed E-state index contributed by atoms with van der Waals surface area (Å²) in [5.74, 6) is -1.21. The largest absolute Gasteiger partial charge is 0.293 e. The number of hydrogen-bond acceptors (Lipinski definition) is 3. The van der Waals surface area contributed by atoms with E-state index in [0.29, 0.717) is 16.9 Å². The van der Waals surface area contributed by atoms with Crippen LogP contribution in [-0.4, -0.2) is 17.3 Å². The highest BCUT2D eigenvalue weighted by molar-refractivity contribution is 6.51. The molecule has 0 spiro atoms. The molecular formula is C21H26O3. The molecule has 128 valence electrons. The van der Waals surface area contributed by atoms with Crippen molar-refractivity contribution in [2.45, 2.75) is 52.9 Å². The Hall–Kier alpha value is -1.77. The molecule has 0 heterocycles. The van der Waals surface area contributed by atoms with Crippen molar-refractivity contribution in [3.63, 3.8) is 0 Å². The number of rotatable bonds is 3. The van der Waals surface area contributed by atoms with E-state index in [2.05, 4.69) is 20.8 Å². The zero-order valence-corrected chi connectivity index (χ0v) is 14.8. The van der Waals surface area contributed by atoms with Crippen LogP contribution in [0.25, 0.3) is 0 Å². The van der Waals surface area contributed by atoms with Crippen LogP contribution in [0.4, 0.5) is 0 Å². The summed E-state index contributed by atoms with van der Waals surface area (Å²) in [5, 5.41) is 0. The molecule has 3 heteroatoms. The van der Waals surface area contributed by atoms with Gasteiger partial charge in [0.15, 0.2) is 5.78 Å². The number of carbonyl (C=O) groups excluding carboxylic acids is 3. The molecule has 1 atom stereocenters. The first kappa shape index (κ1) is 17.1. The topological polar surface area (TPSA) is 51.2 Å². The van der Waals surface area contributed by atoms with Gasteiger partial charge in [0.05, 0.1) is 5.92 Å². The average molecular weight is 326 g/mol. The Morgan fingerprint density at radius 1 is 0.917 bits per heavy atom. The minimum absolute atomic E-state index is 0.0196. The fourth-order valence-electron chi connectivity index (χ4n) is 4.41. The Balaban J connectivity index is 1.80. The maximum absolute atomic E-state index is 12.8. The smallest absolute Gasteiger partial charge is 0.230 e. The quantitative estimate of drug-likeness (QED) is 0.607. The number of carbonyl (C=O) groups is 3. The fraction of sp³-hybridized carbons (Fsp3) is 0.571. The van der Waals surface area contributed by atoms with Gasteiger partial charge >= 0.3 is 0 Å². The number of benzene rings is 1. The van der Waals surface area contributed by atoms with Crippen LogP contribution in [0.5, 0.6) is 0 Å². The molecule has 0 aliphatic heterocycles. The molecule has 0 aromatic heterocycles. The van der Waals surface area contributed by atoms with Crippen molar-refractivity contribution in [2.24, 2.45) is 23.2 Å². The molecule has 1 fully saturated rings. The predicted molar refractivity (Wildman–Crippen MR) is 93.1 cm³/mol. The summed E-state index contributed by atoms with van der Waals surface area (Å²) in [5.41, 5.74) is 1.02. The van der Waals surface area contributed by atoms with Crippen LogP contribution in [0.3, 0.4) is 0 Å². The molecule has 0 saturated heterocycles. The summed E-state index contributed by atoms with van der Waals surface area (Å²) in [6.45, 7) is 6.82. The highest BCUT2D eigenvalue weighted by Gasteiger charge is 2.45. The number of ketones is 3. The first-order valence-corrected chi connectivity index (χ1v) is 9.08. The van der Waals surface area contributed by atoms with Crippen LogP contribution >= 0.6 is 0 Å². The lowest BCUT2D eigenvalue weighted by atomic mass is 9.63. The summed E-state index contributed by atoms with van der Waals surface area (Å²) in [4.78, 5) is 37.8. The van der Waals surface area contributed by atoms with E-state index in [4.69, 9.17) is 0 Å². The molecule has 1 aromatic carbocycles. The second-order valence-corrected chi connectivity index (χ2v) is 8.03. The monoisotopic (exact) mass is 326 g/mol. The van der Waals surface area contributed by atoms with E-state index in [1.807, 2.05) is 0 Å². The molecule has 3 rings (SSSR count). The third kappa shape index (κ3) is 2.74. The minimum Gasteiger partial charge on any atom is -0.293 e. The second kappa shape index (κ2) is 6.27. The van der Waals surface area contributed by atoms with Crippen molar-refractivity contribution in [1.82, 2.24) is 0 Å². The van der Waals surface area contributed by atoms with Crippen LogP contribution in [-0.2, 0) is 4.79 Å². The van der Waals surface area contributed by atoms with Gasteiger partial charge in [0.1, 0.15) is 0 Å². The van der Waals surface area contributed by atoms with Gasteiger partial charge in [-0.15, -0.1) is 0 Å². The lowest BCUT2D eigenvalue weighted by Gasteiger charge is -2.40. The normalized spacial score (nSPS) is 28.0. The fourth-order valence-corrected chi connectivity index (χ4v) is 4.41. The summed E-state index contributed by atoms with van der Waals surface area (Å²) < 4.78 is 0. The molecule has 24 heavy (non-hydrogen) atoms. The number of hydrogen-bond donors (Lipinski definition) is 0. The van der Waals surface area contributed by atoms with Crippen molar-refractivity contribution in [1.29, 1.82) is 0 Å². The molecule has 0 N–H and O–H groups in total. The Bertz CT molecular complexity index is 678. The zero-order valence-electron chi connectivity index (χ0n) is 14.8. The standard InChI is InChI=1S/C21H26O3/c1-4-21(2,3)14-11-9-13(10-12-14)17-18(22)15-7-5-6-8-16(15)19(23)20(17)24/h5-8,13-14,17H,4,9-12H2,1-3H3. The van der Waals surface area contributed by atoms with Gasteiger partial charge in [-0.3, -0.25) is 14.4 Å². The maximum atomic E-state index is 12.8. The Labute approximate surface area is 143 Å². The molecule has 2 aliphatic carbocycles. The zero-order chi connectivity index (χ0) is 17.5. The van der Waals surface area contributed by atoms with Gasteiger partial charge in [-0.25, -0.2) is 0 Å². The Morgan fingerprint density at radius 3 is 2.08 bits per heavy atom. The molecule has 2 aliphatic rings. The van der Waals surface area contributed by atoms with Crippen molar-refractivity contribution < 1.29 is 14.4 Å². The summed E-state index contributed by atoms with van der Waals surface area (Å²) >= 11 is 0. The van der Waals surface area contributed by atoms with Crippen molar-refractivity contribution >= 4 is 17.3 Å². The Morgan fingerprint density at radius 2 is 1.50 bits per heavy atom. The molecule has 0 amide bonds. The van der Waals surface area contributed by atoms with Crippen LogP contribution in [0.1, 0.15) is 73.6 Å². The summed E-state index contributed by atoms with van der Waals surface area (Å²) in [6.07, 6.45) is 4.95. The van der Waals surface area contributed by atoms with Crippen LogP contribution in [0.2, 0.25) is 0 Å². The minimum atomic E-state index is -0.752. The Kier molecular flexibility index (Phi) is 4.46. The molecule has 3 nitrogen and oxygen atoms in total. The van der Waals surface area contributed by atoms with E-state index in [0.717, 1.165) is 32.1 Å². The van der Waals surface area contributed by atoms with E-state index in [1.165, 1.54) is 0 Å². The molecule has 0 bridgehead atoms. The third-order valence-electron chi connectivity index (χ3n) is 6.49. The predicted octanol–water partition coefficient (Wildman–Crippen LogP) is 4.49. The molecule has 1 saturated carbocycles. The van der Waals surface area contributed by atoms with E-state index in [9.17, 15) is 14.4 Å². The van der Waals surface area contributed by atoms with Gasteiger partial charge in [0.2, 0.25) is 11.6 Å². The second-order valence-electron chi connectivity index (χ2n) is 8.03. The van der Waals surface area contributed by atoms with Gasteiger partial charge in [-0.1, -0.05) is 51.5 Å². The van der Waals surface area contributed by atoms with Gasteiger partial charge in [0.25, 0.3) is 0 Å². The molecule has 0 radical (unpaired) electrons. The van der Waals surface area contributed by atoms with E-state index in [1.54, 1.807) is 24.3 Å². The third-order valence-corrected chi connectivity index (χ3v) is 6.49.